The van der Waals surface area contributed by atoms with Crippen LogP contribution in [0.15, 0.2) is 4.99 Å². The summed E-state index contributed by atoms with van der Waals surface area (Å²) in [4.78, 5) is 27.5. The lowest BCUT2D eigenvalue weighted by atomic mass is 10.0. The highest BCUT2D eigenvalue weighted by atomic mass is 16.5. The van der Waals surface area contributed by atoms with E-state index in [2.05, 4.69) is 10.3 Å². The summed E-state index contributed by atoms with van der Waals surface area (Å²) in [6.45, 7) is 5.82. The first-order chi connectivity index (χ1) is 14.0. The number of nitrogens with zero attached hydrogens (tertiary/aromatic N) is 1. The van der Waals surface area contributed by atoms with Crippen molar-refractivity contribution >= 4 is 17.6 Å². The number of nitrogens with two attached hydrogens (primary N) is 3. The van der Waals surface area contributed by atoms with Gasteiger partial charge in [0.25, 0.3) is 0 Å². The molecule has 0 aromatic heterocycles. The average molecular weight is 418 g/mol. The molecule has 170 valence electrons. The second kappa shape index (κ2) is 19.6. The second-order valence-corrected chi connectivity index (χ2v) is 6.60. The zero-order valence-corrected chi connectivity index (χ0v) is 17.7. The molecule has 0 rings (SSSR count). The molecule has 0 spiro atoms. The molecule has 0 aliphatic carbocycles. The first-order valence-electron chi connectivity index (χ1n) is 10.3. The molecule has 7 N–H and O–H groups in total. The van der Waals surface area contributed by atoms with Gasteiger partial charge < -0.3 is 36.7 Å². The molecule has 1 unspecified atom stereocenters. The van der Waals surface area contributed by atoms with Crippen molar-refractivity contribution in [2.75, 3.05) is 52.7 Å². The number of unbranched alkanes of at least 4 members (excludes halogenated alkanes) is 1. The van der Waals surface area contributed by atoms with E-state index in [1.54, 1.807) is 0 Å². The van der Waals surface area contributed by atoms with Crippen molar-refractivity contribution in [2.24, 2.45) is 22.2 Å². The molecule has 1 amide bonds. The molecule has 0 saturated heterocycles. The van der Waals surface area contributed by atoms with E-state index in [1.165, 1.54) is 6.92 Å². The fraction of sp³-hybridized carbons (Fsp3) is 0.842. The number of hydrogen-bond acceptors (Lipinski definition) is 7. The van der Waals surface area contributed by atoms with Crippen LogP contribution in [0.3, 0.4) is 0 Å². The van der Waals surface area contributed by atoms with Gasteiger partial charge in [-0.2, -0.15) is 0 Å². The maximum Gasteiger partial charge on any atom is 0.217 e. The number of aliphatic imine (C=N–C) groups is 1. The van der Waals surface area contributed by atoms with E-state index in [-0.39, 0.29) is 17.6 Å². The van der Waals surface area contributed by atoms with Gasteiger partial charge in [-0.05, 0) is 38.6 Å². The maximum atomic E-state index is 12.3. The van der Waals surface area contributed by atoms with E-state index in [0.29, 0.717) is 78.4 Å². The Balaban J connectivity index is 3.71. The van der Waals surface area contributed by atoms with Gasteiger partial charge in [0.2, 0.25) is 5.91 Å². The summed E-state index contributed by atoms with van der Waals surface area (Å²) in [6, 6.07) is -0.497. The number of Topliss-reactive ketones (excluding diaryl/α,β-unsaturated/α-hetero) is 1. The van der Waals surface area contributed by atoms with Crippen LogP contribution >= 0.6 is 0 Å². The Bertz CT molecular complexity index is 458. The molecular weight excluding hydrogens is 378 g/mol. The molecule has 0 saturated carbocycles. The number of carbonyl (C=O) groups is 2. The fourth-order valence-electron chi connectivity index (χ4n) is 2.47. The van der Waals surface area contributed by atoms with Gasteiger partial charge in [-0.25, -0.2) is 0 Å². The number of carbonyl (C=O) groups excluding carboxylic acids is 2. The summed E-state index contributed by atoms with van der Waals surface area (Å²) < 4.78 is 16.2. The minimum atomic E-state index is -0.497. The SMILES string of the molecule is CC(=O)NC(CCCN=C(N)N)C(=O)CCCCOCCOCCOCCCN. The van der Waals surface area contributed by atoms with Crippen LogP contribution in [-0.4, -0.2) is 76.4 Å². The third kappa shape index (κ3) is 19.3. The molecular formula is C19H39N5O5. The summed E-state index contributed by atoms with van der Waals surface area (Å²) in [5, 5.41) is 2.70. The van der Waals surface area contributed by atoms with Gasteiger partial charge in [0.05, 0.1) is 32.5 Å². The van der Waals surface area contributed by atoms with E-state index >= 15 is 0 Å². The molecule has 0 heterocycles. The third-order valence-electron chi connectivity index (χ3n) is 3.91. The summed E-state index contributed by atoms with van der Waals surface area (Å²) in [5.41, 5.74) is 15.9. The number of rotatable bonds is 20. The van der Waals surface area contributed by atoms with Crippen LogP contribution in [0, 0.1) is 0 Å². The van der Waals surface area contributed by atoms with Crippen LogP contribution in [0.2, 0.25) is 0 Å². The third-order valence-corrected chi connectivity index (χ3v) is 3.91. The zero-order valence-electron chi connectivity index (χ0n) is 17.7. The van der Waals surface area contributed by atoms with Gasteiger partial charge in [0.15, 0.2) is 11.7 Å². The molecule has 0 aliphatic rings. The van der Waals surface area contributed by atoms with Crippen molar-refractivity contribution in [1.82, 2.24) is 5.32 Å². The molecule has 10 heteroatoms. The Morgan fingerprint density at radius 1 is 0.897 bits per heavy atom. The Labute approximate surface area is 173 Å². The van der Waals surface area contributed by atoms with Gasteiger partial charge in [-0.15, -0.1) is 0 Å². The predicted molar refractivity (Wildman–Crippen MR) is 113 cm³/mol. The first-order valence-corrected chi connectivity index (χ1v) is 10.3. The van der Waals surface area contributed by atoms with Gasteiger partial charge in [0.1, 0.15) is 0 Å². The smallest absolute Gasteiger partial charge is 0.217 e. The largest absolute Gasteiger partial charge is 0.379 e. The summed E-state index contributed by atoms with van der Waals surface area (Å²) >= 11 is 0. The topological polar surface area (TPSA) is 164 Å². The fourth-order valence-corrected chi connectivity index (χ4v) is 2.47. The molecule has 10 nitrogen and oxygen atoms in total. The number of guanidine groups is 1. The molecule has 0 radical (unpaired) electrons. The van der Waals surface area contributed by atoms with Crippen LogP contribution < -0.4 is 22.5 Å². The molecule has 29 heavy (non-hydrogen) atoms. The Kier molecular flexibility index (Phi) is 18.4. The Morgan fingerprint density at radius 3 is 2.03 bits per heavy atom. The molecule has 0 fully saturated rings. The number of amides is 1. The normalized spacial score (nSPS) is 11.8. The van der Waals surface area contributed by atoms with Gasteiger partial charge >= 0.3 is 0 Å². The van der Waals surface area contributed by atoms with Gasteiger partial charge in [-0.3, -0.25) is 14.6 Å². The quantitative estimate of drug-likeness (QED) is 0.119. The van der Waals surface area contributed by atoms with E-state index in [1.807, 2.05) is 0 Å². The van der Waals surface area contributed by atoms with Crippen LogP contribution in [0.25, 0.3) is 0 Å². The van der Waals surface area contributed by atoms with Crippen LogP contribution in [0.5, 0.6) is 0 Å². The van der Waals surface area contributed by atoms with Gasteiger partial charge in [-0.1, -0.05) is 0 Å². The average Bonchev–Trinajstić information content (AvgIpc) is 2.67. The number of nitrogens with one attached hydrogen (secondary N) is 1. The first kappa shape index (κ1) is 27.2. The van der Waals surface area contributed by atoms with Crippen LogP contribution in [0.4, 0.5) is 0 Å². The van der Waals surface area contributed by atoms with Crippen molar-refractivity contribution in [3.8, 4) is 0 Å². The molecule has 0 aromatic carbocycles. The minimum Gasteiger partial charge on any atom is -0.379 e. The summed E-state index contributed by atoms with van der Waals surface area (Å²) in [6.07, 6.45) is 3.87. The number of ketones is 1. The lowest BCUT2D eigenvalue weighted by Gasteiger charge is -2.16. The van der Waals surface area contributed by atoms with E-state index in [0.717, 1.165) is 12.8 Å². The van der Waals surface area contributed by atoms with Crippen LogP contribution in [0.1, 0.15) is 45.4 Å². The van der Waals surface area contributed by atoms with Crippen LogP contribution in [-0.2, 0) is 23.8 Å². The highest BCUT2D eigenvalue weighted by Crippen LogP contribution is 2.06. The lowest BCUT2D eigenvalue weighted by molar-refractivity contribution is -0.127. The molecule has 0 bridgehead atoms. The predicted octanol–water partition coefficient (Wildman–Crippen LogP) is -0.317. The van der Waals surface area contributed by atoms with Crippen molar-refractivity contribution in [3.63, 3.8) is 0 Å². The maximum absolute atomic E-state index is 12.3. The lowest BCUT2D eigenvalue weighted by Crippen LogP contribution is -2.39. The monoisotopic (exact) mass is 417 g/mol. The van der Waals surface area contributed by atoms with Crippen molar-refractivity contribution in [1.29, 1.82) is 0 Å². The standard InChI is InChI=1S/C19H39N5O5/c1-16(25)24-17(6-4-9-23-19(21)22)18(26)7-2-3-10-27-12-14-29-15-13-28-11-5-8-20/h17H,2-15,20H2,1H3,(H,24,25)(H4,21,22,23). The van der Waals surface area contributed by atoms with Crippen molar-refractivity contribution in [2.45, 2.75) is 51.5 Å². The van der Waals surface area contributed by atoms with E-state index in [4.69, 9.17) is 31.4 Å². The highest BCUT2D eigenvalue weighted by molar-refractivity contribution is 5.88. The van der Waals surface area contributed by atoms with Crippen molar-refractivity contribution < 1.29 is 23.8 Å². The second-order valence-electron chi connectivity index (χ2n) is 6.60. The minimum absolute atomic E-state index is 0.0165. The highest BCUT2D eigenvalue weighted by Gasteiger charge is 2.18. The van der Waals surface area contributed by atoms with E-state index in [9.17, 15) is 9.59 Å². The molecule has 0 aliphatic heterocycles. The number of ether oxygens (including phenoxy) is 3. The Morgan fingerprint density at radius 2 is 1.48 bits per heavy atom. The Hall–Kier alpha value is -1.75. The summed E-state index contributed by atoms with van der Waals surface area (Å²) in [5.74, 6) is -0.185. The molecule has 0 aromatic rings. The number of hydrogen-bond donors (Lipinski definition) is 4. The molecule has 1 atom stereocenters. The zero-order chi connectivity index (χ0) is 21.7. The van der Waals surface area contributed by atoms with Gasteiger partial charge in [0, 0.05) is 33.1 Å². The van der Waals surface area contributed by atoms with E-state index < -0.39 is 6.04 Å². The summed E-state index contributed by atoms with van der Waals surface area (Å²) in [7, 11) is 0. The van der Waals surface area contributed by atoms with Crippen molar-refractivity contribution in [3.05, 3.63) is 0 Å².